The topological polar surface area (TPSA) is 35.5 Å². The summed E-state index contributed by atoms with van der Waals surface area (Å²) in [6, 6.07) is 0. The van der Waals surface area contributed by atoms with Crippen molar-refractivity contribution in [1.82, 2.24) is 0 Å². The number of carbonyl (C=O) groups is 1. The van der Waals surface area contributed by atoms with Crippen LogP contribution in [0, 0.1) is 5.92 Å². The van der Waals surface area contributed by atoms with E-state index < -0.39 is 0 Å². The Morgan fingerprint density at radius 2 is 1.61 bits per heavy atom. The highest BCUT2D eigenvalue weighted by Crippen LogP contribution is 2.36. The van der Waals surface area contributed by atoms with Crippen LogP contribution in [-0.4, -0.2) is 24.8 Å². The molecule has 0 saturated heterocycles. The van der Waals surface area contributed by atoms with Gasteiger partial charge in [0.1, 0.15) is 6.10 Å². The molecule has 1 saturated carbocycles. The standard InChI is InChI=1S/C20H34O3/c1-2-3-4-5-6-7-8-9-10-11-16-22-19-15-14-18(21)20(23-19)17-12-13-17/h14-15,17,19-20H,2-13,16H2,1H3. The van der Waals surface area contributed by atoms with Gasteiger partial charge in [-0.1, -0.05) is 64.7 Å². The van der Waals surface area contributed by atoms with Crippen molar-refractivity contribution in [3.8, 4) is 0 Å². The molecule has 2 rings (SSSR count). The Morgan fingerprint density at radius 3 is 2.22 bits per heavy atom. The summed E-state index contributed by atoms with van der Waals surface area (Å²) < 4.78 is 11.5. The molecule has 0 N–H and O–H groups in total. The van der Waals surface area contributed by atoms with Gasteiger partial charge in [-0.05, 0) is 37.3 Å². The Labute approximate surface area is 141 Å². The van der Waals surface area contributed by atoms with Gasteiger partial charge in [0.25, 0.3) is 0 Å². The third-order valence-corrected chi connectivity index (χ3v) is 4.81. The van der Waals surface area contributed by atoms with Crippen LogP contribution in [0.4, 0.5) is 0 Å². The van der Waals surface area contributed by atoms with E-state index >= 15 is 0 Å². The molecule has 0 spiro atoms. The van der Waals surface area contributed by atoms with E-state index in [-0.39, 0.29) is 18.2 Å². The summed E-state index contributed by atoms with van der Waals surface area (Å²) in [6.45, 7) is 3.00. The third kappa shape index (κ3) is 7.63. The molecule has 0 bridgehead atoms. The summed E-state index contributed by atoms with van der Waals surface area (Å²) in [5.41, 5.74) is 0. The second-order valence-electron chi connectivity index (χ2n) is 7.08. The van der Waals surface area contributed by atoms with Gasteiger partial charge < -0.3 is 9.47 Å². The number of rotatable bonds is 13. The quantitative estimate of drug-likeness (QED) is 0.438. The van der Waals surface area contributed by atoms with Gasteiger partial charge >= 0.3 is 0 Å². The zero-order chi connectivity index (χ0) is 16.3. The van der Waals surface area contributed by atoms with Crippen molar-refractivity contribution in [2.75, 3.05) is 6.61 Å². The van der Waals surface area contributed by atoms with Crippen molar-refractivity contribution in [3.63, 3.8) is 0 Å². The lowest BCUT2D eigenvalue weighted by Gasteiger charge is -2.24. The van der Waals surface area contributed by atoms with Gasteiger partial charge in [-0.2, -0.15) is 0 Å². The van der Waals surface area contributed by atoms with E-state index in [1.807, 2.05) is 0 Å². The van der Waals surface area contributed by atoms with E-state index in [1.165, 1.54) is 57.8 Å². The maximum atomic E-state index is 11.7. The van der Waals surface area contributed by atoms with Crippen molar-refractivity contribution in [2.45, 2.75) is 96.4 Å². The highest BCUT2D eigenvalue weighted by atomic mass is 16.7. The van der Waals surface area contributed by atoms with E-state index in [2.05, 4.69) is 6.92 Å². The fraction of sp³-hybridized carbons (Fsp3) is 0.850. The van der Waals surface area contributed by atoms with Crippen LogP contribution in [-0.2, 0) is 14.3 Å². The average molecular weight is 322 g/mol. The first-order chi connectivity index (χ1) is 11.3. The summed E-state index contributed by atoms with van der Waals surface area (Å²) in [7, 11) is 0. The van der Waals surface area contributed by atoms with Crippen LogP contribution in [0.3, 0.4) is 0 Å². The summed E-state index contributed by atoms with van der Waals surface area (Å²) in [6.07, 6.45) is 18.4. The highest BCUT2D eigenvalue weighted by Gasteiger charge is 2.39. The second-order valence-corrected chi connectivity index (χ2v) is 7.08. The highest BCUT2D eigenvalue weighted by molar-refractivity contribution is 5.94. The van der Waals surface area contributed by atoms with Crippen LogP contribution in [0.5, 0.6) is 0 Å². The van der Waals surface area contributed by atoms with Crippen LogP contribution in [0.2, 0.25) is 0 Å². The number of ketones is 1. The van der Waals surface area contributed by atoms with Gasteiger partial charge in [-0.25, -0.2) is 0 Å². The Kier molecular flexibility index (Phi) is 8.91. The lowest BCUT2D eigenvalue weighted by molar-refractivity contribution is -0.166. The van der Waals surface area contributed by atoms with Crippen LogP contribution in [0.1, 0.15) is 84.0 Å². The predicted octanol–water partition coefficient (Wildman–Crippen LogP) is 5.18. The molecular formula is C20H34O3. The maximum absolute atomic E-state index is 11.7. The van der Waals surface area contributed by atoms with E-state index in [1.54, 1.807) is 12.2 Å². The van der Waals surface area contributed by atoms with Gasteiger partial charge in [0.15, 0.2) is 12.1 Å². The molecule has 2 atom stereocenters. The molecular weight excluding hydrogens is 288 g/mol. The summed E-state index contributed by atoms with van der Waals surface area (Å²) in [4.78, 5) is 11.7. The van der Waals surface area contributed by atoms with Gasteiger partial charge in [0.2, 0.25) is 0 Å². The first kappa shape index (κ1) is 18.7. The van der Waals surface area contributed by atoms with Crippen LogP contribution < -0.4 is 0 Å². The third-order valence-electron chi connectivity index (χ3n) is 4.81. The zero-order valence-electron chi connectivity index (χ0n) is 14.8. The molecule has 1 heterocycles. The summed E-state index contributed by atoms with van der Waals surface area (Å²) in [5, 5.41) is 0. The van der Waals surface area contributed by atoms with Crippen molar-refractivity contribution >= 4 is 5.78 Å². The second kappa shape index (κ2) is 11.0. The molecule has 1 aliphatic carbocycles. The molecule has 23 heavy (non-hydrogen) atoms. The lowest BCUT2D eigenvalue weighted by Crippen LogP contribution is -2.34. The Balaban J connectivity index is 1.40. The van der Waals surface area contributed by atoms with Crippen molar-refractivity contribution in [1.29, 1.82) is 0 Å². The van der Waals surface area contributed by atoms with Gasteiger partial charge in [0, 0.05) is 0 Å². The number of hydrogen-bond acceptors (Lipinski definition) is 3. The van der Waals surface area contributed by atoms with E-state index in [4.69, 9.17) is 9.47 Å². The monoisotopic (exact) mass is 322 g/mol. The van der Waals surface area contributed by atoms with Gasteiger partial charge in [0.05, 0.1) is 6.61 Å². The normalized spacial score (nSPS) is 24.3. The Hall–Kier alpha value is -0.670. The van der Waals surface area contributed by atoms with Crippen molar-refractivity contribution in [2.24, 2.45) is 5.92 Å². The Morgan fingerprint density at radius 1 is 1.00 bits per heavy atom. The number of unbranched alkanes of at least 4 members (excludes halogenated alkanes) is 9. The van der Waals surface area contributed by atoms with Gasteiger partial charge in [-0.15, -0.1) is 0 Å². The van der Waals surface area contributed by atoms with Crippen LogP contribution >= 0.6 is 0 Å². The minimum Gasteiger partial charge on any atom is -0.349 e. The van der Waals surface area contributed by atoms with Crippen molar-refractivity contribution < 1.29 is 14.3 Å². The van der Waals surface area contributed by atoms with E-state index in [0.29, 0.717) is 5.92 Å². The predicted molar refractivity (Wildman–Crippen MR) is 93.3 cm³/mol. The molecule has 0 aromatic rings. The Bertz CT molecular complexity index is 360. The molecule has 3 nitrogen and oxygen atoms in total. The fourth-order valence-electron chi connectivity index (χ4n) is 3.15. The average Bonchev–Trinajstić information content (AvgIpc) is 3.39. The SMILES string of the molecule is CCCCCCCCCCCCOC1C=CC(=O)C(C2CC2)O1. The smallest absolute Gasteiger partial charge is 0.184 e. The van der Waals surface area contributed by atoms with Gasteiger partial charge in [-0.3, -0.25) is 4.79 Å². The molecule has 1 fully saturated rings. The minimum atomic E-state index is -0.308. The zero-order valence-corrected chi connectivity index (χ0v) is 14.8. The largest absolute Gasteiger partial charge is 0.349 e. The molecule has 1 aliphatic heterocycles. The van der Waals surface area contributed by atoms with Crippen molar-refractivity contribution in [3.05, 3.63) is 12.2 Å². The first-order valence-corrected chi connectivity index (χ1v) is 9.80. The molecule has 0 amide bonds. The molecule has 132 valence electrons. The number of ether oxygens (including phenoxy) is 2. The fourth-order valence-corrected chi connectivity index (χ4v) is 3.15. The molecule has 2 aliphatic rings. The number of carbonyl (C=O) groups excluding carboxylic acids is 1. The molecule has 0 aromatic carbocycles. The van der Waals surface area contributed by atoms with E-state index in [0.717, 1.165) is 25.9 Å². The van der Waals surface area contributed by atoms with Crippen LogP contribution in [0.15, 0.2) is 12.2 Å². The summed E-state index contributed by atoms with van der Waals surface area (Å²) >= 11 is 0. The van der Waals surface area contributed by atoms with Crippen LogP contribution in [0.25, 0.3) is 0 Å². The summed E-state index contributed by atoms with van der Waals surface area (Å²) in [5.74, 6) is 0.558. The number of hydrogen-bond donors (Lipinski definition) is 0. The maximum Gasteiger partial charge on any atom is 0.184 e. The molecule has 0 aromatic heterocycles. The molecule has 3 heteroatoms. The molecule has 0 radical (unpaired) electrons. The first-order valence-electron chi connectivity index (χ1n) is 9.80. The molecule has 2 unspecified atom stereocenters. The van der Waals surface area contributed by atoms with E-state index in [9.17, 15) is 4.79 Å². The minimum absolute atomic E-state index is 0.117. The lowest BCUT2D eigenvalue weighted by atomic mass is 10.1.